The van der Waals surface area contributed by atoms with Crippen molar-refractivity contribution in [2.45, 2.75) is 19.3 Å². The number of rotatable bonds is 2. The third-order valence-electron chi connectivity index (χ3n) is 2.99. The van der Waals surface area contributed by atoms with Crippen LogP contribution < -0.4 is 5.32 Å². The third kappa shape index (κ3) is 2.61. The summed E-state index contributed by atoms with van der Waals surface area (Å²) < 4.78 is 0. The first-order valence-electron chi connectivity index (χ1n) is 6.25. The van der Waals surface area contributed by atoms with E-state index in [1.54, 1.807) is 17.4 Å². The second-order valence-electron chi connectivity index (χ2n) is 4.32. The van der Waals surface area contributed by atoms with Gasteiger partial charge in [-0.05, 0) is 30.7 Å². The van der Waals surface area contributed by atoms with E-state index in [9.17, 15) is 4.79 Å². The minimum atomic E-state index is -0.212. The highest BCUT2D eigenvalue weighted by molar-refractivity contribution is 7.16. The summed E-state index contributed by atoms with van der Waals surface area (Å²) in [6, 6.07) is 1.78. The first-order valence-corrected chi connectivity index (χ1v) is 7.94. The smallest absolute Gasteiger partial charge is 0.268 e. The number of carbonyl (C=O) groups excluding carboxylic acids is 1. The molecule has 0 atom stereocenters. The number of aliphatic hydroxyl groups excluding tert-OH is 1. The lowest BCUT2D eigenvalue weighted by molar-refractivity contribution is 0.103. The Hall–Kier alpha value is -1.68. The summed E-state index contributed by atoms with van der Waals surface area (Å²) in [6.07, 6.45) is 3.23. The largest absolute Gasteiger partial charge is 0.384 e. The Morgan fingerprint density at radius 2 is 2.40 bits per heavy atom. The van der Waals surface area contributed by atoms with Crippen LogP contribution in [0, 0.1) is 11.8 Å². The molecule has 1 amide bonds. The summed E-state index contributed by atoms with van der Waals surface area (Å²) >= 11 is 2.90. The fraction of sp³-hybridized carbons (Fsp3) is 0.286. The predicted octanol–water partition coefficient (Wildman–Crippen LogP) is 2.29. The van der Waals surface area contributed by atoms with Gasteiger partial charge in [-0.15, -0.1) is 22.7 Å². The van der Waals surface area contributed by atoms with Crippen molar-refractivity contribution in [1.82, 2.24) is 4.98 Å². The van der Waals surface area contributed by atoms with E-state index in [-0.39, 0.29) is 12.5 Å². The zero-order chi connectivity index (χ0) is 13.9. The molecule has 0 fully saturated rings. The molecule has 2 aromatic rings. The summed E-state index contributed by atoms with van der Waals surface area (Å²) in [5.74, 6) is 5.16. The third-order valence-corrected chi connectivity index (χ3v) is 4.98. The van der Waals surface area contributed by atoms with Crippen molar-refractivity contribution in [3.05, 3.63) is 32.5 Å². The van der Waals surface area contributed by atoms with Crippen molar-refractivity contribution < 1.29 is 9.90 Å². The minimum Gasteiger partial charge on any atom is -0.384 e. The van der Waals surface area contributed by atoms with Crippen molar-refractivity contribution in [3.8, 4) is 11.8 Å². The second kappa shape index (κ2) is 5.75. The minimum absolute atomic E-state index is 0.185. The van der Waals surface area contributed by atoms with Crippen LogP contribution in [0.25, 0.3) is 0 Å². The van der Waals surface area contributed by atoms with Gasteiger partial charge < -0.3 is 5.11 Å². The summed E-state index contributed by atoms with van der Waals surface area (Å²) in [5.41, 5.74) is 1.77. The average Bonchev–Trinajstić information content (AvgIpc) is 3.10. The van der Waals surface area contributed by atoms with Crippen molar-refractivity contribution in [2.24, 2.45) is 0 Å². The molecular formula is C14H12N2O2S2. The molecule has 3 rings (SSSR count). The van der Waals surface area contributed by atoms with Crippen LogP contribution in [0.5, 0.6) is 0 Å². The van der Waals surface area contributed by atoms with Gasteiger partial charge in [-0.3, -0.25) is 10.1 Å². The molecule has 0 saturated carbocycles. The fourth-order valence-corrected chi connectivity index (χ4v) is 3.91. The molecule has 0 spiro atoms. The van der Waals surface area contributed by atoms with Crippen molar-refractivity contribution in [3.63, 3.8) is 0 Å². The standard InChI is InChI=1S/C14H12N2O2S2/c17-7-2-3-9-6-8-19-12(9)13(18)16-14-15-10-4-1-5-11(10)20-14/h6,8,17H,1,4-5,7H2,(H,15,16,18). The molecule has 0 unspecified atom stereocenters. The number of nitrogens with zero attached hydrogens (tertiary/aromatic N) is 1. The normalized spacial score (nSPS) is 12.7. The number of aromatic nitrogens is 1. The van der Waals surface area contributed by atoms with Crippen molar-refractivity contribution in [1.29, 1.82) is 0 Å². The van der Waals surface area contributed by atoms with E-state index in [0.717, 1.165) is 25.0 Å². The van der Waals surface area contributed by atoms with E-state index in [2.05, 4.69) is 22.1 Å². The highest BCUT2D eigenvalue weighted by atomic mass is 32.1. The number of hydrogen-bond donors (Lipinski definition) is 2. The lowest BCUT2D eigenvalue weighted by Gasteiger charge is -2.00. The Balaban J connectivity index is 1.77. The molecule has 0 bridgehead atoms. The van der Waals surface area contributed by atoms with Crippen LogP contribution in [0.1, 0.15) is 32.2 Å². The number of aryl methyl sites for hydroxylation is 2. The van der Waals surface area contributed by atoms with Crippen LogP contribution >= 0.6 is 22.7 Å². The summed E-state index contributed by atoms with van der Waals surface area (Å²) in [5, 5.41) is 14.0. The molecule has 1 aliphatic rings. The number of nitrogens with one attached hydrogen (secondary N) is 1. The molecule has 6 heteroatoms. The van der Waals surface area contributed by atoms with Gasteiger partial charge in [0, 0.05) is 10.4 Å². The highest BCUT2D eigenvalue weighted by Gasteiger charge is 2.19. The van der Waals surface area contributed by atoms with E-state index >= 15 is 0 Å². The summed E-state index contributed by atoms with van der Waals surface area (Å²) in [4.78, 5) is 18.5. The van der Waals surface area contributed by atoms with Gasteiger partial charge in [0.2, 0.25) is 0 Å². The van der Waals surface area contributed by atoms with Gasteiger partial charge >= 0.3 is 0 Å². The average molecular weight is 304 g/mol. The number of fused-ring (bicyclic) bond motifs is 1. The van der Waals surface area contributed by atoms with Gasteiger partial charge in [0.15, 0.2) is 5.13 Å². The predicted molar refractivity (Wildman–Crippen MR) is 80.4 cm³/mol. The fourth-order valence-electron chi connectivity index (χ4n) is 2.12. The monoisotopic (exact) mass is 304 g/mol. The van der Waals surface area contributed by atoms with Crippen molar-refractivity contribution in [2.75, 3.05) is 11.9 Å². The molecule has 2 heterocycles. The number of hydrogen-bond acceptors (Lipinski definition) is 5. The van der Waals surface area contributed by atoms with Crippen LogP contribution in [0.4, 0.5) is 5.13 Å². The Kier molecular flexibility index (Phi) is 3.83. The Morgan fingerprint density at radius 3 is 3.20 bits per heavy atom. The molecule has 102 valence electrons. The first-order chi connectivity index (χ1) is 9.78. The Morgan fingerprint density at radius 1 is 1.50 bits per heavy atom. The molecule has 20 heavy (non-hydrogen) atoms. The van der Waals surface area contributed by atoms with Gasteiger partial charge in [0.05, 0.1) is 5.69 Å². The highest BCUT2D eigenvalue weighted by Crippen LogP contribution is 2.31. The molecule has 2 N–H and O–H groups in total. The molecule has 0 aliphatic heterocycles. The maximum absolute atomic E-state index is 12.2. The second-order valence-corrected chi connectivity index (χ2v) is 6.32. The summed E-state index contributed by atoms with van der Waals surface area (Å²) in [6.45, 7) is -0.212. The van der Waals surface area contributed by atoms with E-state index in [1.165, 1.54) is 16.2 Å². The van der Waals surface area contributed by atoms with Gasteiger partial charge in [0.25, 0.3) is 5.91 Å². The SMILES string of the molecule is O=C(Nc1nc2c(s1)CCC2)c1sccc1C#CCO. The molecule has 4 nitrogen and oxygen atoms in total. The van der Waals surface area contributed by atoms with Crippen LogP contribution in [0.2, 0.25) is 0 Å². The van der Waals surface area contributed by atoms with E-state index in [1.807, 2.05) is 5.38 Å². The molecule has 0 radical (unpaired) electrons. The van der Waals surface area contributed by atoms with E-state index < -0.39 is 0 Å². The number of amides is 1. The number of carbonyl (C=O) groups is 1. The number of anilines is 1. The quantitative estimate of drug-likeness (QED) is 0.837. The van der Waals surface area contributed by atoms with Gasteiger partial charge in [0.1, 0.15) is 11.5 Å². The van der Waals surface area contributed by atoms with Gasteiger partial charge in [-0.25, -0.2) is 4.98 Å². The van der Waals surface area contributed by atoms with Crippen LogP contribution in [-0.2, 0) is 12.8 Å². The molecule has 2 aromatic heterocycles. The van der Waals surface area contributed by atoms with E-state index in [4.69, 9.17) is 5.11 Å². The van der Waals surface area contributed by atoms with Crippen LogP contribution in [0.3, 0.4) is 0 Å². The number of thiophene rings is 1. The maximum Gasteiger partial charge on any atom is 0.268 e. The topological polar surface area (TPSA) is 62.2 Å². The molecule has 0 aromatic carbocycles. The van der Waals surface area contributed by atoms with Gasteiger partial charge in [-0.1, -0.05) is 11.8 Å². The summed E-state index contributed by atoms with van der Waals surface area (Å²) in [7, 11) is 0. The molecular weight excluding hydrogens is 292 g/mol. The first kappa shape index (κ1) is 13.3. The Bertz CT molecular complexity index is 685. The van der Waals surface area contributed by atoms with Crippen LogP contribution in [-0.4, -0.2) is 22.6 Å². The van der Waals surface area contributed by atoms with Crippen molar-refractivity contribution >= 4 is 33.7 Å². The Labute approximate surface area is 124 Å². The molecule has 1 aliphatic carbocycles. The number of aliphatic hydroxyl groups is 1. The van der Waals surface area contributed by atoms with Crippen LogP contribution in [0.15, 0.2) is 11.4 Å². The molecule has 0 saturated heterocycles. The lowest BCUT2D eigenvalue weighted by Crippen LogP contribution is -2.11. The maximum atomic E-state index is 12.2. The zero-order valence-corrected chi connectivity index (χ0v) is 12.2. The number of thiazole rings is 1. The van der Waals surface area contributed by atoms with E-state index in [0.29, 0.717) is 15.6 Å². The van der Waals surface area contributed by atoms with Gasteiger partial charge in [-0.2, -0.15) is 0 Å². The lowest BCUT2D eigenvalue weighted by atomic mass is 10.2. The zero-order valence-electron chi connectivity index (χ0n) is 10.6.